The maximum Gasteiger partial charge on any atom is 0.336 e. The number of carboxylic acids is 1. The average Bonchev–Trinajstić information content (AvgIpc) is 3.39. The number of aromatic carboxylic acids is 1. The van der Waals surface area contributed by atoms with Crippen LogP contribution in [0.1, 0.15) is 27.0 Å². The van der Waals surface area contributed by atoms with E-state index in [4.69, 9.17) is 13.9 Å². The normalized spacial score (nSPS) is 11.0. The third-order valence-corrected chi connectivity index (χ3v) is 6.92. The van der Waals surface area contributed by atoms with Crippen LogP contribution in [0, 0.1) is 6.92 Å². The molecule has 0 fully saturated rings. The zero-order valence-corrected chi connectivity index (χ0v) is 22.5. The van der Waals surface area contributed by atoms with Gasteiger partial charge in [0, 0.05) is 16.5 Å². The van der Waals surface area contributed by atoms with Crippen molar-refractivity contribution >= 4 is 16.9 Å². The first-order chi connectivity index (χ1) is 20.0. The summed E-state index contributed by atoms with van der Waals surface area (Å²) in [5.74, 6) is 1.05. The summed E-state index contributed by atoms with van der Waals surface area (Å²) in [6, 6.07) is 38.9. The fourth-order valence-electron chi connectivity index (χ4n) is 4.92. The molecule has 6 rings (SSSR count). The Hall–Kier alpha value is -5.29. The highest BCUT2D eigenvalue weighted by molar-refractivity contribution is 6.12. The summed E-state index contributed by atoms with van der Waals surface area (Å²) in [5.41, 5.74) is 6.10. The quantitative estimate of drug-likeness (QED) is 0.198. The van der Waals surface area contributed by atoms with Gasteiger partial charge in [0.25, 0.3) is 0 Å². The van der Waals surface area contributed by atoms with Gasteiger partial charge in [-0.25, -0.2) is 4.79 Å². The van der Waals surface area contributed by atoms with E-state index in [2.05, 4.69) is 0 Å². The number of carbonyl (C=O) groups is 1. The van der Waals surface area contributed by atoms with Crippen molar-refractivity contribution in [2.45, 2.75) is 20.1 Å². The summed E-state index contributed by atoms with van der Waals surface area (Å²) in [6.45, 7) is 2.79. The van der Waals surface area contributed by atoms with Crippen LogP contribution in [0.15, 0.2) is 126 Å². The lowest BCUT2D eigenvalue weighted by Crippen LogP contribution is -1.98. The summed E-state index contributed by atoms with van der Waals surface area (Å²) in [5, 5.41) is 10.7. The smallest absolute Gasteiger partial charge is 0.336 e. The standard InChI is InChI=1S/C36H28O5/c1-24-20-31(36(37)38)34-32(21-24)41-35(28-14-18-30(19-15-28)40-23-26-10-6-3-7-11-26)33(34)27-12-16-29(17-13-27)39-22-25-8-4-2-5-9-25/h2-21H,22-23H2,1H3,(H,37,38). The lowest BCUT2D eigenvalue weighted by Gasteiger charge is -2.10. The Kier molecular flexibility index (Phi) is 7.25. The van der Waals surface area contributed by atoms with Crippen LogP contribution in [0.4, 0.5) is 0 Å². The van der Waals surface area contributed by atoms with Gasteiger partial charge in [0.05, 0.1) is 5.56 Å². The van der Waals surface area contributed by atoms with Crippen LogP contribution < -0.4 is 9.47 Å². The molecule has 0 spiro atoms. The Morgan fingerprint density at radius 2 is 1.20 bits per heavy atom. The fraction of sp³-hybridized carbons (Fsp3) is 0.0833. The van der Waals surface area contributed by atoms with Crippen LogP contribution in [-0.2, 0) is 13.2 Å². The molecule has 0 unspecified atom stereocenters. The van der Waals surface area contributed by atoms with E-state index in [1.54, 1.807) is 6.07 Å². The molecule has 0 amide bonds. The monoisotopic (exact) mass is 540 g/mol. The Bertz CT molecular complexity index is 1790. The van der Waals surface area contributed by atoms with Crippen molar-refractivity contribution in [3.8, 4) is 33.9 Å². The highest BCUT2D eigenvalue weighted by Crippen LogP contribution is 2.43. The van der Waals surface area contributed by atoms with Crippen molar-refractivity contribution < 1.29 is 23.8 Å². The van der Waals surface area contributed by atoms with Crippen molar-refractivity contribution in [3.63, 3.8) is 0 Å². The number of ether oxygens (including phenoxy) is 2. The Morgan fingerprint density at radius 1 is 0.683 bits per heavy atom. The minimum Gasteiger partial charge on any atom is -0.489 e. The molecule has 41 heavy (non-hydrogen) atoms. The predicted molar refractivity (Wildman–Crippen MR) is 160 cm³/mol. The van der Waals surface area contributed by atoms with E-state index in [0.29, 0.717) is 29.9 Å². The Morgan fingerprint density at radius 3 is 1.71 bits per heavy atom. The Labute approximate surface area is 238 Å². The molecule has 1 N–H and O–H groups in total. The third-order valence-electron chi connectivity index (χ3n) is 6.92. The van der Waals surface area contributed by atoms with E-state index in [1.165, 1.54) is 0 Å². The molecule has 0 aliphatic rings. The maximum absolute atomic E-state index is 12.3. The molecule has 0 radical (unpaired) electrons. The fourth-order valence-corrected chi connectivity index (χ4v) is 4.92. The van der Waals surface area contributed by atoms with Crippen molar-refractivity contribution in [3.05, 3.63) is 144 Å². The summed E-state index contributed by atoms with van der Waals surface area (Å²) >= 11 is 0. The summed E-state index contributed by atoms with van der Waals surface area (Å²) in [7, 11) is 0. The van der Waals surface area contributed by atoms with Gasteiger partial charge in [-0.15, -0.1) is 0 Å². The number of hydrogen-bond donors (Lipinski definition) is 1. The molecular formula is C36H28O5. The topological polar surface area (TPSA) is 68.9 Å². The first-order valence-corrected chi connectivity index (χ1v) is 13.4. The minimum absolute atomic E-state index is 0.206. The van der Waals surface area contributed by atoms with Gasteiger partial charge in [0.15, 0.2) is 0 Å². The van der Waals surface area contributed by atoms with Gasteiger partial charge in [-0.2, -0.15) is 0 Å². The molecule has 5 heteroatoms. The van der Waals surface area contributed by atoms with Crippen LogP contribution in [-0.4, -0.2) is 11.1 Å². The maximum atomic E-state index is 12.3. The zero-order valence-electron chi connectivity index (χ0n) is 22.5. The van der Waals surface area contributed by atoms with Crippen LogP contribution in [0.3, 0.4) is 0 Å². The van der Waals surface area contributed by atoms with Crippen LogP contribution in [0.5, 0.6) is 11.5 Å². The van der Waals surface area contributed by atoms with E-state index >= 15 is 0 Å². The molecule has 5 nitrogen and oxygen atoms in total. The molecule has 202 valence electrons. The number of furan rings is 1. The third kappa shape index (κ3) is 5.70. The molecule has 0 aliphatic heterocycles. The second kappa shape index (κ2) is 11.4. The van der Waals surface area contributed by atoms with Crippen molar-refractivity contribution in [2.75, 3.05) is 0 Å². The van der Waals surface area contributed by atoms with Crippen LogP contribution in [0.25, 0.3) is 33.4 Å². The number of rotatable bonds is 9. The lowest BCUT2D eigenvalue weighted by atomic mass is 9.95. The summed E-state index contributed by atoms with van der Waals surface area (Å²) in [4.78, 5) is 12.3. The van der Waals surface area contributed by atoms with Crippen molar-refractivity contribution in [1.29, 1.82) is 0 Å². The van der Waals surface area contributed by atoms with Crippen LogP contribution in [0.2, 0.25) is 0 Å². The molecule has 0 atom stereocenters. The minimum atomic E-state index is -1.00. The van der Waals surface area contributed by atoms with E-state index in [1.807, 2.05) is 122 Å². The van der Waals surface area contributed by atoms with E-state index in [0.717, 1.165) is 44.9 Å². The number of aryl methyl sites for hydroxylation is 1. The summed E-state index contributed by atoms with van der Waals surface area (Å²) < 4.78 is 18.3. The van der Waals surface area contributed by atoms with E-state index < -0.39 is 5.97 Å². The van der Waals surface area contributed by atoms with Gasteiger partial charge in [-0.3, -0.25) is 0 Å². The van der Waals surface area contributed by atoms with Crippen molar-refractivity contribution in [1.82, 2.24) is 0 Å². The number of fused-ring (bicyclic) bond motifs is 1. The Balaban J connectivity index is 1.36. The molecule has 0 bridgehead atoms. The average molecular weight is 541 g/mol. The first kappa shape index (κ1) is 26.0. The van der Waals surface area contributed by atoms with Crippen LogP contribution >= 0.6 is 0 Å². The molecule has 0 saturated carbocycles. The molecule has 0 saturated heterocycles. The van der Waals surface area contributed by atoms with Gasteiger partial charge in [-0.1, -0.05) is 72.8 Å². The van der Waals surface area contributed by atoms with Gasteiger partial charge in [0.2, 0.25) is 0 Å². The molecule has 1 heterocycles. The van der Waals surface area contributed by atoms with Gasteiger partial charge in [-0.05, 0) is 77.7 Å². The zero-order chi connectivity index (χ0) is 28.2. The predicted octanol–water partition coefficient (Wildman–Crippen LogP) is 8.93. The SMILES string of the molecule is Cc1cc(C(=O)O)c2c(-c3ccc(OCc4ccccc4)cc3)c(-c3ccc(OCc4ccccc4)cc3)oc2c1. The number of carboxylic acid groups (broad SMARTS) is 1. The number of benzene rings is 5. The molecule has 6 aromatic rings. The summed E-state index contributed by atoms with van der Waals surface area (Å²) in [6.07, 6.45) is 0. The second-order valence-corrected chi connectivity index (χ2v) is 9.89. The highest BCUT2D eigenvalue weighted by atomic mass is 16.5. The molecular weight excluding hydrogens is 512 g/mol. The van der Waals surface area contributed by atoms with E-state index in [9.17, 15) is 9.90 Å². The lowest BCUT2D eigenvalue weighted by molar-refractivity contribution is 0.0699. The molecule has 1 aromatic heterocycles. The highest BCUT2D eigenvalue weighted by Gasteiger charge is 2.23. The molecule has 5 aromatic carbocycles. The van der Waals surface area contributed by atoms with E-state index in [-0.39, 0.29) is 5.56 Å². The largest absolute Gasteiger partial charge is 0.489 e. The van der Waals surface area contributed by atoms with Gasteiger partial charge >= 0.3 is 5.97 Å². The first-order valence-electron chi connectivity index (χ1n) is 13.4. The second-order valence-electron chi connectivity index (χ2n) is 9.89. The molecule has 0 aliphatic carbocycles. The number of hydrogen-bond acceptors (Lipinski definition) is 4. The van der Waals surface area contributed by atoms with Gasteiger partial charge in [0.1, 0.15) is 36.1 Å². The van der Waals surface area contributed by atoms with Crippen molar-refractivity contribution in [2.24, 2.45) is 0 Å². The van der Waals surface area contributed by atoms with Gasteiger partial charge < -0.3 is 19.0 Å².